The van der Waals surface area contributed by atoms with Crippen LogP contribution in [-0.4, -0.2) is 41.5 Å². The number of hydrogen-bond acceptors (Lipinski definition) is 5. The molecule has 0 radical (unpaired) electrons. The zero-order valence-corrected chi connectivity index (χ0v) is 19.5. The summed E-state index contributed by atoms with van der Waals surface area (Å²) >= 11 is 0. The molecule has 0 bridgehead atoms. The van der Waals surface area contributed by atoms with E-state index in [1.165, 1.54) is 12.2 Å². The number of Topliss-reactive ketones (excluding diaryl/α,β-unsaturated/α-hetero) is 1. The highest BCUT2D eigenvalue weighted by Gasteiger charge is 2.66. The van der Waals surface area contributed by atoms with Crippen molar-refractivity contribution in [1.29, 1.82) is 0 Å². The molecule has 3 fully saturated rings. The van der Waals surface area contributed by atoms with Crippen molar-refractivity contribution in [2.75, 3.05) is 6.61 Å². The highest BCUT2D eigenvalue weighted by atomic mass is 19.1. The van der Waals surface area contributed by atoms with Gasteiger partial charge in [0.2, 0.25) is 5.78 Å². The van der Waals surface area contributed by atoms with E-state index in [0.717, 1.165) is 6.42 Å². The van der Waals surface area contributed by atoms with Gasteiger partial charge in [-0.2, -0.15) is 0 Å². The number of fused-ring (bicyclic) bond motifs is 5. The van der Waals surface area contributed by atoms with Crippen molar-refractivity contribution in [2.45, 2.75) is 72.1 Å². The maximum atomic E-state index is 15.4. The molecule has 9 atom stereocenters. The zero-order chi connectivity index (χ0) is 23.4. The van der Waals surface area contributed by atoms with Crippen molar-refractivity contribution >= 4 is 17.5 Å². The van der Waals surface area contributed by atoms with Crippen LogP contribution in [0.15, 0.2) is 23.8 Å². The Morgan fingerprint density at radius 2 is 2.00 bits per heavy atom. The van der Waals surface area contributed by atoms with Crippen LogP contribution in [0.1, 0.15) is 59.8 Å². The summed E-state index contributed by atoms with van der Waals surface area (Å²) in [5, 5.41) is 11.4. The molecule has 0 aromatic rings. The average Bonchev–Trinajstić information content (AvgIpc) is 2.98. The van der Waals surface area contributed by atoms with E-state index in [1.807, 2.05) is 27.7 Å². The normalized spacial score (nSPS) is 44.9. The van der Waals surface area contributed by atoms with Crippen LogP contribution in [0.5, 0.6) is 0 Å². The van der Waals surface area contributed by atoms with Gasteiger partial charge in [0.15, 0.2) is 5.78 Å². The number of ether oxygens (including phenoxy) is 1. The van der Waals surface area contributed by atoms with Gasteiger partial charge in [0.25, 0.3) is 0 Å². The third kappa shape index (κ3) is 3.41. The van der Waals surface area contributed by atoms with Crippen molar-refractivity contribution < 1.29 is 28.6 Å². The number of aliphatic hydroxyl groups excluding tert-OH is 1. The number of allylic oxidation sites excluding steroid dienone is 4. The molecular weight excluding hydrogens is 411 g/mol. The summed E-state index contributed by atoms with van der Waals surface area (Å²) in [7, 11) is 0. The predicted molar refractivity (Wildman–Crippen MR) is 117 cm³/mol. The number of halogens is 1. The van der Waals surface area contributed by atoms with Gasteiger partial charge in [-0.05, 0) is 66.6 Å². The molecule has 0 heterocycles. The highest BCUT2D eigenvalue weighted by molar-refractivity contribution is 6.34. The van der Waals surface area contributed by atoms with Crippen molar-refractivity contribution in [3.05, 3.63) is 23.8 Å². The monoisotopic (exact) mass is 446 g/mol. The Hall–Kier alpha value is -1.82. The summed E-state index contributed by atoms with van der Waals surface area (Å²) in [6, 6.07) is 0. The second-order valence-corrected chi connectivity index (χ2v) is 10.9. The Morgan fingerprint density at radius 1 is 1.28 bits per heavy atom. The first-order chi connectivity index (χ1) is 15.0. The fourth-order valence-corrected chi connectivity index (χ4v) is 7.77. The molecule has 4 unspecified atom stereocenters. The van der Waals surface area contributed by atoms with E-state index >= 15 is 4.39 Å². The maximum Gasteiger partial charge on any atom is 0.374 e. The fourth-order valence-electron chi connectivity index (χ4n) is 7.77. The molecule has 0 amide bonds. The quantitative estimate of drug-likeness (QED) is 0.392. The van der Waals surface area contributed by atoms with Crippen LogP contribution in [0.2, 0.25) is 0 Å². The molecule has 32 heavy (non-hydrogen) atoms. The highest BCUT2D eigenvalue weighted by Crippen LogP contribution is 2.67. The van der Waals surface area contributed by atoms with E-state index < -0.39 is 40.8 Å². The lowest BCUT2D eigenvalue weighted by Gasteiger charge is -2.59. The van der Waals surface area contributed by atoms with Gasteiger partial charge in [-0.15, -0.1) is 0 Å². The van der Waals surface area contributed by atoms with Crippen molar-refractivity contribution in [3.8, 4) is 0 Å². The van der Waals surface area contributed by atoms with Crippen LogP contribution < -0.4 is 0 Å². The first-order valence-corrected chi connectivity index (χ1v) is 12.0. The molecule has 4 rings (SSSR count). The van der Waals surface area contributed by atoms with E-state index in [-0.39, 0.29) is 42.5 Å². The lowest BCUT2D eigenvalue weighted by Crippen LogP contribution is -2.58. The molecule has 0 spiro atoms. The molecule has 5 nitrogen and oxygen atoms in total. The molecule has 176 valence electrons. The largest absolute Gasteiger partial charge is 0.460 e. The fraction of sp³-hybridized carbons (Fsp3) is 0.731. The van der Waals surface area contributed by atoms with Crippen LogP contribution >= 0.6 is 0 Å². The maximum absolute atomic E-state index is 15.4. The van der Waals surface area contributed by atoms with E-state index in [1.54, 1.807) is 6.08 Å². The third-order valence-corrected chi connectivity index (χ3v) is 9.03. The average molecular weight is 447 g/mol. The molecular formula is C26H35FO5. The van der Waals surface area contributed by atoms with Crippen molar-refractivity contribution in [1.82, 2.24) is 0 Å². The lowest BCUT2D eigenvalue weighted by atomic mass is 9.46. The standard InChI is InChI=1S/C26H35FO5/c1-5-6-9-32-24(31)23(30)21-14(2)10-17-16-12-19(27)18-11-15(28)7-8-25(18,3)22(16)20(29)13-26(17,21)4/h7-8,11,14,16-17,19-22,29H,5-6,9-10,12-13H2,1-4H3/t14-,16?,17?,19+,20?,21-,22?,25+,26+/m1/s1. The number of esters is 1. The van der Waals surface area contributed by atoms with Crippen molar-refractivity contribution in [2.24, 2.45) is 40.4 Å². The first-order valence-electron chi connectivity index (χ1n) is 12.0. The van der Waals surface area contributed by atoms with Crippen LogP contribution in [0.4, 0.5) is 4.39 Å². The summed E-state index contributed by atoms with van der Waals surface area (Å²) < 4.78 is 20.6. The number of aliphatic hydroxyl groups is 1. The Balaban J connectivity index is 1.65. The van der Waals surface area contributed by atoms with E-state index in [9.17, 15) is 19.5 Å². The van der Waals surface area contributed by atoms with Gasteiger partial charge in [0, 0.05) is 17.3 Å². The minimum atomic E-state index is -1.26. The molecule has 0 aromatic heterocycles. The Labute approximate surface area is 189 Å². The second kappa shape index (κ2) is 8.19. The van der Waals surface area contributed by atoms with Crippen LogP contribution in [0.3, 0.4) is 0 Å². The van der Waals surface area contributed by atoms with Gasteiger partial charge in [0.05, 0.1) is 12.7 Å². The number of ketones is 2. The lowest BCUT2D eigenvalue weighted by molar-refractivity contribution is -0.162. The first kappa shape index (κ1) is 23.3. The zero-order valence-electron chi connectivity index (χ0n) is 19.5. The summed E-state index contributed by atoms with van der Waals surface area (Å²) in [5.74, 6) is -2.42. The number of hydrogen-bond donors (Lipinski definition) is 1. The molecule has 4 aliphatic carbocycles. The molecule has 3 saturated carbocycles. The van der Waals surface area contributed by atoms with Gasteiger partial charge in [0.1, 0.15) is 6.17 Å². The predicted octanol–water partition coefficient (Wildman–Crippen LogP) is 3.99. The Morgan fingerprint density at radius 3 is 2.69 bits per heavy atom. The van der Waals surface area contributed by atoms with Gasteiger partial charge in [-0.3, -0.25) is 9.59 Å². The number of alkyl halides is 1. The van der Waals surface area contributed by atoms with E-state index in [4.69, 9.17) is 4.74 Å². The Bertz CT molecular complexity index is 877. The van der Waals surface area contributed by atoms with Crippen LogP contribution in [0, 0.1) is 40.4 Å². The molecule has 6 heteroatoms. The van der Waals surface area contributed by atoms with E-state index in [2.05, 4.69) is 0 Å². The summed E-state index contributed by atoms with van der Waals surface area (Å²) in [6.07, 6.45) is 5.56. The molecule has 4 aliphatic rings. The van der Waals surface area contributed by atoms with Crippen LogP contribution in [0.25, 0.3) is 0 Å². The molecule has 1 N–H and O–H groups in total. The third-order valence-electron chi connectivity index (χ3n) is 9.03. The van der Waals surface area contributed by atoms with Gasteiger partial charge < -0.3 is 9.84 Å². The number of carbonyl (C=O) groups excluding carboxylic acids is 3. The van der Waals surface area contributed by atoms with Gasteiger partial charge >= 0.3 is 5.97 Å². The van der Waals surface area contributed by atoms with Crippen molar-refractivity contribution in [3.63, 3.8) is 0 Å². The topological polar surface area (TPSA) is 80.7 Å². The number of carbonyl (C=O) groups is 3. The van der Waals surface area contributed by atoms with Gasteiger partial charge in [-0.25, -0.2) is 9.18 Å². The van der Waals surface area contributed by atoms with Gasteiger partial charge in [-0.1, -0.05) is 40.2 Å². The Kier molecular flexibility index (Phi) is 5.98. The minimum absolute atomic E-state index is 0.0194. The minimum Gasteiger partial charge on any atom is -0.460 e. The second-order valence-electron chi connectivity index (χ2n) is 10.9. The molecule has 0 aliphatic heterocycles. The number of rotatable bonds is 5. The number of unbranched alkanes of at least 4 members (excludes halogenated alkanes) is 1. The summed E-state index contributed by atoms with van der Waals surface area (Å²) in [4.78, 5) is 37.6. The van der Waals surface area contributed by atoms with E-state index in [0.29, 0.717) is 24.8 Å². The summed E-state index contributed by atoms with van der Waals surface area (Å²) in [6.45, 7) is 8.11. The summed E-state index contributed by atoms with van der Waals surface area (Å²) in [5.41, 5.74) is -0.847. The molecule has 0 aromatic carbocycles. The molecule has 0 saturated heterocycles. The smallest absolute Gasteiger partial charge is 0.374 e. The SMILES string of the molecule is CCCCOC(=O)C(=O)[C@H]1[C@H](C)CC2C3C[C@H](F)C4=CC(=O)C=C[C@]4(C)C3C(O)C[C@@]21C. The van der Waals surface area contributed by atoms with Crippen LogP contribution in [-0.2, 0) is 19.1 Å².